The number of rotatable bonds is 4. The van der Waals surface area contributed by atoms with Gasteiger partial charge in [0.05, 0.1) is 17.7 Å². The highest BCUT2D eigenvalue weighted by molar-refractivity contribution is 7.92. The van der Waals surface area contributed by atoms with E-state index in [1.54, 1.807) is 19.2 Å². The zero-order valence-electron chi connectivity index (χ0n) is 15.7. The Hall–Kier alpha value is -2.47. The number of nitrogens with one attached hydrogen (secondary N) is 1. The number of sulfonamides is 1. The minimum absolute atomic E-state index is 0.200. The maximum absolute atomic E-state index is 12.8. The Morgan fingerprint density at radius 1 is 1.19 bits per heavy atom. The van der Waals surface area contributed by atoms with E-state index in [-0.39, 0.29) is 4.90 Å². The predicted octanol–water partition coefficient (Wildman–Crippen LogP) is 4.68. The van der Waals surface area contributed by atoms with Gasteiger partial charge in [-0.15, -0.1) is 0 Å². The van der Waals surface area contributed by atoms with Crippen LogP contribution in [0.25, 0.3) is 11.0 Å². The standard InChI is InChI=1S/C21H23NO4S/c1-13-4-9-20-17(10-13)18-12-19(14(2)11-21(18)26-20)22-27(23,24)16-7-5-15(25-3)6-8-16/h5-8,11-13,22H,4,9-10H2,1-3H3. The van der Waals surface area contributed by atoms with Crippen molar-refractivity contribution in [3.63, 3.8) is 0 Å². The molecule has 2 aromatic carbocycles. The summed E-state index contributed by atoms with van der Waals surface area (Å²) in [7, 11) is -2.13. The van der Waals surface area contributed by atoms with Crippen molar-refractivity contribution in [3.8, 4) is 5.75 Å². The summed E-state index contributed by atoms with van der Waals surface area (Å²) in [6, 6.07) is 10.2. The van der Waals surface area contributed by atoms with Crippen LogP contribution in [0.5, 0.6) is 5.75 Å². The average molecular weight is 385 g/mol. The average Bonchev–Trinajstić information content (AvgIpc) is 2.98. The minimum atomic E-state index is -3.68. The van der Waals surface area contributed by atoms with Gasteiger partial charge in [-0.25, -0.2) is 8.42 Å². The molecule has 0 radical (unpaired) electrons. The lowest BCUT2D eigenvalue weighted by Crippen LogP contribution is -2.14. The third-order valence-electron chi connectivity index (χ3n) is 5.25. The Balaban J connectivity index is 1.72. The van der Waals surface area contributed by atoms with Crippen LogP contribution in [0, 0.1) is 12.8 Å². The fraction of sp³-hybridized carbons (Fsp3) is 0.333. The first-order valence-electron chi connectivity index (χ1n) is 9.09. The summed E-state index contributed by atoms with van der Waals surface area (Å²) in [5.41, 5.74) is 3.46. The Labute approximate surface area is 159 Å². The maximum Gasteiger partial charge on any atom is 0.261 e. The molecule has 1 aliphatic rings. The van der Waals surface area contributed by atoms with Crippen molar-refractivity contribution in [2.75, 3.05) is 11.8 Å². The quantitative estimate of drug-likeness (QED) is 0.708. The van der Waals surface area contributed by atoms with E-state index in [1.807, 2.05) is 19.1 Å². The molecule has 1 aliphatic carbocycles. The summed E-state index contributed by atoms with van der Waals surface area (Å²) >= 11 is 0. The third-order valence-corrected chi connectivity index (χ3v) is 6.63. The number of furan rings is 1. The topological polar surface area (TPSA) is 68.5 Å². The van der Waals surface area contributed by atoms with Gasteiger partial charge < -0.3 is 9.15 Å². The van der Waals surface area contributed by atoms with E-state index < -0.39 is 10.0 Å². The molecule has 1 atom stereocenters. The van der Waals surface area contributed by atoms with Gasteiger partial charge in [0.25, 0.3) is 10.0 Å². The molecule has 142 valence electrons. The molecule has 0 bridgehead atoms. The molecule has 0 fully saturated rings. The van der Waals surface area contributed by atoms with Gasteiger partial charge in [-0.2, -0.15) is 0 Å². The van der Waals surface area contributed by atoms with Crippen molar-refractivity contribution >= 4 is 26.7 Å². The molecule has 0 amide bonds. The molecule has 27 heavy (non-hydrogen) atoms. The summed E-state index contributed by atoms with van der Waals surface area (Å²) in [6.45, 7) is 4.12. The van der Waals surface area contributed by atoms with Crippen molar-refractivity contribution in [1.29, 1.82) is 0 Å². The first kappa shape index (κ1) is 17.9. The van der Waals surface area contributed by atoms with Crippen molar-refractivity contribution in [2.45, 2.75) is 38.0 Å². The van der Waals surface area contributed by atoms with E-state index in [0.29, 0.717) is 17.4 Å². The number of anilines is 1. The molecule has 0 aliphatic heterocycles. The van der Waals surface area contributed by atoms with Crippen LogP contribution in [0.15, 0.2) is 45.7 Å². The van der Waals surface area contributed by atoms with Crippen LogP contribution in [0.3, 0.4) is 0 Å². The van der Waals surface area contributed by atoms with Crippen molar-refractivity contribution in [3.05, 3.63) is 53.3 Å². The molecule has 5 nitrogen and oxygen atoms in total. The maximum atomic E-state index is 12.8. The normalized spacial score (nSPS) is 16.9. The zero-order chi connectivity index (χ0) is 19.2. The van der Waals surface area contributed by atoms with Crippen LogP contribution < -0.4 is 9.46 Å². The van der Waals surface area contributed by atoms with Gasteiger partial charge in [-0.1, -0.05) is 6.92 Å². The number of aryl methyl sites for hydroxylation is 2. The minimum Gasteiger partial charge on any atom is -0.497 e. The monoisotopic (exact) mass is 385 g/mol. The second kappa shape index (κ2) is 6.60. The summed E-state index contributed by atoms with van der Waals surface area (Å²) < 4.78 is 39.4. The van der Waals surface area contributed by atoms with E-state index >= 15 is 0 Å². The summed E-state index contributed by atoms with van der Waals surface area (Å²) in [6.07, 6.45) is 3.04. The highest BCUT2D eigenvalue weighted by Crippen LogP contribution is 2.37. The van der Waals surface area contributed by atoms with Gasteiger partial charge in [-0.3, -0.25) is 4.72 Å². The smallest absolute Gasteiger partial charge is 0.261 e. The van der Waals surface area contributed by atoms with Crippen LogP contribution >= 0.6 is 0 Å². The van der Waals surface area contributed by atoms with Crippen molar-refractivity contribution < 1.29 is 17.6 Å². The number of fused-ring (bicyclic) bond motifs is 3. The lowest BCUT2D eigenvalue weighted by atomic mass is 9.88. The molecule has 1 N–H and O–H groups in total. The Morgan fingerprint density at radius 3 is 2.63 bits per heavy atom. The SMILES string of the molecule is COc1ccc(S(=O)(=O)Nc2cc3c4c(oc3cc2C)CCC(C)C4)cc1. The third kappa shape index (κ3) is 3.30. The van der Waals surface area contributed by atoms with E-state index in [4.69, 9.17) is 9.15 Å². The molecule has 1 aromatic heterocycles. The van der Waals surface area contributed by atoms with Crippen LogP contribution in [-0.2, 0) is 22.9 Å². The number of hydrogen-bond donors (Lipinski definition) is 1. The highest BCUT2D eigenvalue weighted by Gasteiger charge is 2.23. The number of methoxy groups -OCH3 is 1. The first-order valence-corrected chi connectivity index (χ1v) is 10.6. The van der Waals surface area contributed by atoms with E-state index in [9.17, 15) is 8.42 Å². The Kier molecular flexibility index (Phi) is 4.38. The highest BCUT2D eigenvalue weighted by atomic mass is 32.2. The van der Waals surface area contributed by atoms with Crippen LogP contribution in [0.4, 0.5) is 5.69 Å². The summed E-state index contributed by atoms with van der Waals surface area (Å²) in [5, 5.41) is 1.01. The lowest BCUT2D eigenvalue weighted by molar-refractivity contribution is 0.414. The predicted molar refractivity (Wildman–Crippen MR) is 106 cm³/mol. The van der Waals surface area contributed by atoms with Crippen molar-refractivity contribution in [2.24, 2.45) is 5.92 Å². The van der Waals surface area contributed by atoms with Crippen LogP contribution in [0.2, 0.25) is 0 Å². The van der Waals surface area contributed by atoms with Gasteiger partial charge in [0.15, 0.2) is 0 Å². The largest absolute Gasteiger partial charge is 0.497 e. The Morgan fingerprint density at radius 2 is 1.93 bits per heavy atom. The first-order chi connectivity index (χ1) is 12.9. The molecule has 3 aromatic rings. The summed E-state index contributed by atoms with van der Waals surface area (Å²) in [5.74, 6) is 2.27. The molecule has 1 heterocycles. The number of ether oxygens (including phenoxy) is 1. The molecule has 0 saturated heterocycles. The summed E-state index contributed by atoms with van der Waals surface area (Å²) in [4.78, 5) is 0.200. The fourth-order valence-electron chi connectivity index (χ4n) is 3.67. The zero-order valence-corrected chi connectivity index (χ0v) is 16.5. The van der Waals surface area contributed by atoms with E-state index in [0.717, 1.165) is 41.6 Å². The molecular weight excluding hydrogens is 362 g/mol. The second-order valence-electron chi connectivity index (χ2n) is 7.30. The van der Waals surface area contributed by atoms with Gasteiger partial charge in [-0.05, 0) is 67.6 Å². The van der Waals surface area contributed by atoms with Gasteiger partial charge >= 0.3 is 0 Å². The number of hydrogen-bond acceptors (Lipinski definition) is 4. The molecule has 0 spiro atoms. The second-order valence-corrected chi connectivity index (χ2v) is 8.98. The molecule has 0 saturated carbocycles. The number of benzene rings is 2. The molecule has 4 rings (SSSR count). The van der Waals surface area contributed by atoms with E-state index in [1.165, 1.54) is 17.7 Å². The lowest BCUT2D eigenvalue weighted by Gasteiger charge is -2.17. The molecular formula is C21H23NO4S. The van der Waals surface area contributed by atoms with E-state index in [2.05, 4.69) is 11.6 Å². The molecule has 1 unspecified atom stereocenters. The Bertz CT molecular complexity index is 1100. The van der Waals surface area contributed by atoms with Crippen molar-refractivity contribution in [1.82, 2.24) is 0 Å². The van der Waals surface area contributed by atoms with Gasteiger partial charge in [0, 0.05) is 17.4 Å². The van der Waals surface area contributed by atoms with Gasteiger partial charge in [0.2, 0.25) is 0 Å². The van der Waals surface area contributed by atoms with Crippen LogP contribution in [0.1, 0.15) is 30.2 Å². The van der Waals surface area contributed by atoms with Crippen LogP contribution in [-0.4, -0.2) is 15.5 Å². The fourth-order valence-corrected chi connectivity index (χ4v) is 4.79. The molecule has 6 heteroatoms. The van der Waals surface area contributed by atoms with Gasteiger partial charge in [0.1, 0.15) is 17.1 Å².